The van der Waals surface area contributed by atoms with Crippen LogP contribution in [0.4, 0.5) is 31.1 Å². The van der Waals surface area contributed by atoms with Crippen molar-refractivity contribution >= 4 is 6.03 Å². The predicted octanol–water partition coefficient (Wildman–Crippen LogP) is 6.25. The molecule has 5 rings (SSSR count). The maximum Gasteiger partial charge on any atom is 0.416 e. The minimum atomic E-state index is -4.96. The summed E-state index contributed by atoms with van der Waals surface area (Å²) in [6.07, 6.45) is -12.0. The van der Waals surface area contributed by atoms with E-state index in [0.29, 0.717) is 51.5 Å². The fraction of sp³-hybridized carbons (Fsp3) is 0.552. The standard InChI is InChI=1S/C29H32F6N2O4/c1-17-5-3-4-6-23(17)25-24-15-37(27(38)36-7-9-39-10-8-36)14-20(24)16-40-26(25)41-18(2)19-11-21(28(30,31)32)13-22(12-19)29(33,34)35/h3-6,11-13,18,20,24-26H,7-10,14-16H2,1-2H3/t18-,20+,24?,25+,26-/m1/s1. The van der Waals surface area contributed by atoms with Crippen LogP contribution in [-0.4, -0.2) is 68.1 Å². The molecule has 0 radical (unpaired) electrons. The summed E-state index contributed by atoms with van der Waals surface area (Å²) in [5.41, 5.74) is -1.20. The van der Waals surface area contributed by atoms with Crippen LogP contribution >= 0.6 is 0 Å². The Bertz CT molecular complexity index is 1210. The minimum Gasteiger partial charge on any atom is -0.378 e. The first-order chi connectivity index (χ1) is 19.3. The molecule has 3 aliphatic heterocycles. The molecule has 1 unspecified atom stereocenters. The summed E-state index contributed by atoms with van der Waals surface area (Å²) in [6.45, 7) is 6.45. The van der Waals surface area contributed by atoms with E-state index in [1.54, 1.807) is 9.80 Å². The van der Waals surface area contributed by atoms with Gasteiger partial charge in [0.15, 0.2) is 6.29 Å². The summed E-state index contributed by atoms with van der Waals surface area (Å²) >= 11 is 0. The first-order valence-electron chi connectivity index (χ1n) is 13.6. The highest BCUT2D eigenvalue weighted by atomic mass is 19.4. The van der Waals surface area contributed by atoms with E-state index >= 15 is 0 Å². The van der Waals surface area contributed by atoms with Crippen LogP contribution in [0.3, 0.4) is 0 Å². The summed E-state index contributed by atoms with van der Waals surface area (Å²) in [5.74, 6) is -0.489. The molecule has 2 aromatic carbocycles. The summed E-state index contributed by atoms with van der Waals surface area (Å²) < 4.78 is 98.6. The lowest BCUT2D eigenvalue weighted by atomic mass is 9.76. The average Bonchev–Trinajstić information content (AvgIpc) is 3.37. The number of morpholine rings is 1. The monoisotopic (exact) mass is 586 g/mol. The SMILES string of the molecule is Cc1ccccc1[C@H]1C2CN(C(=O)N3CCOCC3)C[C@H]2CO[C@@H]1O[C@H](C)c1cc(C(F)(F)F)cc(C(F)(F)F)c1. The average molecular weight is 587 g/mol. The van der Waals surface area contributed by atoms with E-state index in [-0.39, 0.29) is 36.1 Å². The van der Waals surface area contributed by atoms with E-state index < -0.39 is 41.8 Å². The van der Waals surface area contributed by atoms with E-state index in [9.17, 15) is 31.1 Å². The molecule has 2 aromatic rings. The molecule has 2 amide bonds. The molecule has 3 heterocycles. The molecule has 0 bridgehead atoms. The zero-order valence-electron chi connectivity index (χ0n) is 22.7. The van der Waals surface area contributed by atoms with Crippen LogP contribution in [0.15, 0.2) is 42.5 Å². The van der Waals surface area contributed by atoms with E-state index in [0.717, 1.165) is 11.1 Å². The number of fused-ring (bicyclic) bond motifs is 1. The predicted molar refractivity (Wildman–Crippen MR) is 136 cm³/mol. The number of urea groups is 1. The fourth-order valence-electron chi connectivity index (χ4n) is 6.07. The molecule has 0 aromatic heterocycles. The Kier molecular flexibility index (Phi) is 8.28. The number of carbonyl (C=O) groups excluding carboxylic acids is 1. The third-order valence-corrected chi connectivity index (χ3v) is 8.24. The van der Waals surface area contributed by atoms with Crippen LogP contribution in [0.2, 0.25) is 0 Å². The van der Waals surface area contributed by atoms with Gasteiger partial charge in [0.1, 0.15) is 0 Å². The number of ether oxygens (including phenoxy) is 3. The summed E-state index contributed by atoms with van der Waals surface area (Å²) in [7, 11) is 0. The Balaban J connectivity index is 1.43. The number of aryl methyl sites for hydroxylation is 1. The lowest BCUT2D eigenvalue weighted by Gasteiger charge is -2.41. The zero-order valence-corrected chi connectivity index (χ0v) is 22.7. The second-order valence-electron chi connectivity index (χ2n) is 10.9. The van der Waals surface area contributed by atoms with Crippen molar-refractivity contribution in [3.05, 3.63) is 70.3 Å². The van der Waals surface area contributed by atoms with Gasteiger partial charge in [-0.2, -0.15) is 26.3 Å². The highest BCUT2D eigenvalue weighted by molar-refractivity contribution is 5.75. The maximum atomic E-state index is 13.5. The highest BCUT2D eigenvalue weighted by Gasteiger charge is 2.49. The van der Waals surface area contributed by atoms with Crippen LogP contribution in [0.5, 0.6) is 0 Å². The molecule has 3 aliphatic rings. The molecule has 5 atom stereocenters. The second-order valence-corrected chi connectivity index (χ2v) is 10.9. The number of nitrogens with zero attached hydrogens (tertiary/aromatic N) is 2. The molecule has 6 nitrogen and oxygen atoms in total. The number of alkyl halides is 6. The molecule has 41 heavy (non-hydrogen) atoms. The van der Waals surface area contributed by atoms with Crippen LogP contribution in [0.1, 0.15) is 46.8 Å². The van der Waals surface area contributed by atoms with Gasteiger partial charge in [0, 0.05) is 38.0 Å². The van der Waals surface area contributed by atoms with Gasteiger partial charge in [0.2, 0.25) is 0 Å². The molecular weight excluding hydrogens is 554 g/mol. The van der Waals surface area contributed by atoms with Crippen molar-refractivity contribution in [2.24, 2.45) is 11.8 Å². The molecule has 3 fully saturated rings. The topological polar surface area (TPSA) is 51.2 Å². The molecular formula is C29H32F6N2O4. The van der Waals surface area contributed by atoms with Crippen molar-refractivity contribution in [3.63, 3.8) is 0 Å². The maximum absolute atomic E-state index is 13.5. The number of benzene rings is 2. The van der Waals surface area contributed by atoms with E-state index in [2.05, 4.69) is 0 Å². The normalized spacial score (nSPS) is 26.1. The molecule has 0 N–H and O–H groups in total. The van der Waals surface area contributed by atoms with Gasteiger partial charge in [0.25, 0.3) is 0 Å². The lowest BCUT2D eigenvalue weighted by Crippen LogP contribution is -2.47. The van der Waals surface area contributed by atoms with Gasteiger partial charge in [-0.1, -0.05) is 24.3 Å². The Morgan fingerprint density at radius 3 is 2.20 bits per heavy atom. The highest BCUT2D eigenvalue weighted by Crippen LogP contribution is 2.46. The van der Waals surface area contributed by atoms with Crippen LogP contribution in [0, 0.1) is 18.8 Å². The zero-order chi connectivity index (χ0) is 29.5. The first kappa shape index (κ1) is 29.7. The fourth-order valence-corrected chi connectivity index (χ4v) is 6.07. The largest absolute Gasteiger partial charge is 0.416 e. The second kappa shape index (κ2) is 11.4. The summed E-state index contributed by atoms with van der Waals surface area (Å²) in [5, 5.41) is 0. The number of halogens is 6. The van der Waals surface area contributed by atoms with Gasteiger partial charge in [-0.15, -0.1) is 0 Å². The number of rotatable bonds is 4. The van der Waals surface area contributed by atoms with Crippen LogP contribution in [0.25, 0.3) is 0 Å². The Morgan fingerprint density at radius 2 is 1.59 bits per heavy atom. The van der Waals surface area contributed by atoms with Gasteiger partial charge in [0.05, 0.1) is 37.1 Å². The lowest BCUT2D eigenvalue weighted by molar-refractivity contribution is -0.217. The molecule has 0 saturated carbocycles. The van der Waals surface area contributed by atoms with E-state index in [1.165, 1.54) is 6.92 Å². The number of hydrogen-bond acceptors (Lipinski definition) is 4. The van der Waals surface area contributed by atoms with Crippen molar-refractivity contribution in [2.75, 3.05) is 46.0 Å². The number of hydrogen-bond donors (Lipinski definition) is 0. The molecule has 224 valence electrons. The van der Waals surface area contributed by atoms with Gasteiger partial charge >= 0.3 is 18.4 Å². The molecule has 0 aliphatic carbocycles. The van der Waals surface area contributed by atoms with Crippen molar-refractivity contribution in [2.45, 2.75) is 44.5 Å². The Morgan fingerprint density at radius 1 is 0.951 bits per heavy atom. The van der Waals surface area contributed by atoms with Crippen molar-refractivity contribution in [1.82, 2.24) is 9.80 Å². The van der Waals surface area contributed by atoms with Gasteiger partial charge in [-0.3, -0.25) is 0 Å². The van der Waals surface area contributed by atoms with Crippen molar-refractivity contribution in [3.8, 4) is 0 Å². The van der Waals surface area contributed by atoms with Crippen LogP contribution < -0.4 is 0 Å². The quantitative estimate of drug-likeness (QED) is 0.398. The first-order valence-corrected chi connectivity index (χ1v) is 13.6. The van der Waals surface area contributed by atoms with E-state index in [1.807, 2.05) is 31.2 Å². The Hall–Kier alpha value is -2.83. The van der Waals surface area contributed by atoms with E-state index in [4.69, 9.17) is 14.2 Å². The molecule has 3 saturated heterocycles. The van der Waals surface area contributed by atoms with Gasteiger partial charge in [-0.25, -0.2) is 4.79 Å². The van der Waals surface area contributed by atoms with Crippen molar-refractivity contribution in [1.29, 1.82) is 0 Å². The summed E-state index contributed by atoms with van der Waals surface area (Å²) in [6, 6.07) is 8.98. The number of amides is 2. The summed E-state index contributed by atoms with van der Waals surface area (Å²) in [4.78, 5) is 16.8. The number of carbonyl (C=O) groups is 1. The van der Waals surface area contributed by atoms with Crippen molar-refractivity contribution < 1.29 is 45.3 Å². The van der Waals surface area contributed by atoms with Gasteiger partial charge in [-0.05, 0) is 54.7 Å². The van der Waals surface area contributed by atoms with Gasteiger partial charge < -0.3 is 24.0 Å². The molecule has 12 heteroatoms. The third-order valence-electron chi connectivity index (χ3n) is 8.24. The molecule has 0 spiro atoms. The Labute approximate surface area is 234 Å². The smallest absolute Gasteiger partial charge is 0.378 e. The number of likely N-dealkylation sites (tertiary alicyclic amines) is 1. The van der Waals surface area contributed by atoms with Crippen LogP contribution in [-0.2, 0) is 26.6 Å². The third kappa shape index (κ3) is 6.34. The minimum absolute atomic E-state index is 0.00913.